The molecule has 0 saturated carbocycles. The summed E-state index contributed by atoms with van der Waals surface area (Å²) in [5, 5.41) is 10.0. The van der Waals surface area contributed by atoms with Crippen molar-refractivity contribution in [1.82, 2.24) is 0 Å². The van der Waals surface area contributed by atoms with E-state index in [-0.39, 0.29) is 23.5 Å². The smallest absolute Gasteiger partial charge is 0.345 e. The number of hydrogen-bond donors (Lipinski definition) is 1. The van der Waals surface area contributed by atoms with Crippen LogP contribution >= 0.6 is 0 Å². The minimum atomic E-state index is -0.724. The van der Waals surface area contributed by atoms with Crippen LogP contribution in [0.3, 0.4) is 0 Å². The number of esters is 1. The summed E-state index contributed by atoms with van der Waals surface area (Å²) in [5.41, 5.74) is -0.854. The maximum atomic E-state index is 12.1. The van der Waals surface area contributed by atoms with E-state index in [1.54, 1.807) is 6.92 Å². The van der Waals surface area contributed by atoms with E-state index in [0.717, 1.165) is 19.3 Å². The highest BCUT2D eigenvalue weighted by Gasteiger charge is 2.41. The van der Waals surface area contributed by atoms with E-state index in [9.17, 15) is 14.7 Å². The number of carbonyl (C=O) groups is 2. The number of cyclic esters (lactones) is 1. The second kappa shape index (κ2) is 8.20. The first kappa shape index (κ1) is 17.7. The lowest BCUT2D eigenvalue weighted by Crippen LogP contribution is -2.41. The Balaban J connectivity index is 2.53. The van der Waals surface area contributed by atoms with Crippen molar-refractivity contribution in [3.63, 3.8) is 0 Å². The van der Waals surface area contributed by atoms with Crippen molar-refractivity contribution < 1.29 is 19.4 Å². The van der Waals surface area contributed by atoms with Gasteiger partial charge in [0.15, 0.2) is 5.78 Å². The van der Waals surface area contributed by atoms with E-state index in [2.05, 4.69) is 6.92 Å². The largest absolute Gasteiger partial charge is 0.511 e. The predicted molar refractivity (Wildman–Crippen MR) is 82.1 cm³/mol. The van der Waals surface area contributed by atoms with Crippen LogP contribution in [0.15, 0.2) is 11.3 Å². The molecule has 0 aromatic carbocycles. The van der Waals surface area contributed by atoms with Crippen molar-refractivity contribution in [2.75, 3.05) is 0 Å². The van der Waals surface area contributed by atoms with Crippen molar-refractivity contribution in [3.8, 4) is 0 Å². The number of ether oxygens (including phenoxy) is 1. The fraction of sp³-hybridized carbons (Fsp3) is 0.765. The van der Waals surface area contributed by atoms with Crippen LogP contribution in [-0.2, 0) is 14.3 Å². The Hall–Kier alpha value is -1.32. The Bertz CT molecular complexity index is 389. The van der Waals surface area contributed by atoms with Crippen molar-refractivity contribution in [2.24, 2.45) is 0 Å². The lowest BCUT2D eigenvalue weighted by molar-refractivity contribution is -0.161. The predicted octanol–water partition coefficient (Wildman–Crippen LogP) is 4.23. The maximum absolute atomic E-state index is 12.1. The first-order valence-electron chi connectivity index (χ1n) is 8.12. The third kappa shape index (κ3) is 5.18. The number of hydrogen-bond acceptors (Lipinski definition) is 4. The number of aliphatic hydroxyl groups excluding tert-OH is 1. The number of aliphatic hydroxyl groups is 1. The molecule has 0 spiro atoms. The van der Waals surface area contributed by atoms with Gasteiger partial charge in [0.05, 0.1) is 6.42 Å². The Morgan fingerprint density at radius 1 is 1.14 bits per heavy atom. The zero-order valence-electron chi connectivity index (χ0n) is 13.5. The zero-order chi connectivity index (χ0) is 15.9. The highest BCUT2D eigenvalue weighted by atomic mass is 16.6. The molecule has 21 heavy (non-hydrogen) atoms. The minimum absolute atomic E-state index is 0.0985. The molecule has 0 radical (unpaired) electrons. The fourth-order valence-corrected chi connectivity index (χ4v) is 2.53. The Morgan fingerprint density at radius 2 is 1.76 bits per heavy atom. The number of ketones is 1. The van der Waals surface area contributed by atoms with Gasteiger partial charge in [-0.05, 0) is 19.8 Å². The summed E-state index contributed by atoms with van der Waals surface area (Å²) in [6, 6.07) is 0. The van der Waals surface area contributed by atoms with Gasteiger partial charge in [0, 0.05) is 6.42 Å². The number of rotatable bonds is 8. The van der Waals surface area contributed by atoms with Gasteiger partial charge < -0.3 is 9.84 Å². The summed E-state index contributed by atoms with van der Waals surface area (Å²) in [7, 11) is 0. The lowest BCUT2D eigenvalue weighted by atomic mass is 9.89. The van der Waals surface area contributed by atoms with Crippen LogP contribution < -0.4 is 0 Å². The molecule has 1 N–H and O–H groups in total. The van der Waals surface area contributed by atoms with Crippen molar-refractivity contribution in [1.29, 1.82) is 0 Å². The third-order valence-electron chi connectivity index (χ3n) is 4.16. The molecule has 1 aliphatic heterocycles. The molecular formula is C17H28O4. The molecular weight excluding hydrogens is 268 g/mol. The van der Waals surface area contributed by atoms with Crippen molar-refractivity contribution in [2.45, 2.75) is 84.2 Å². The molecule has 1 fully saturated rings. The molecule has 4 heteroatoms. The first-order chi connectivity index (χ1) is 9.93. The Labute approximate surface area is 127 Å². The minimum Gasteiger partial charge on any atom is -0.511 e. The molecule has 0 amide bonds. The molecule has 1 saturated heterocycles. The quantitative estimate of drug-likeness (QED) is 0.239. The fourth-order valence-electron chi connectivity index (χ4n) is 2.53. The molecule has 1 rings (SSSR count). The molecule has 0 aromatic rings. The van der Waals surface area contributed by atoms with E-state index in [1.165, 1.54) is 19.3 Å². The molecule has 1 atom stereocenters. The maximum Gasteiger partial charge on any atom is 0.345 e. The van der Waals surface area contributed by atoms with Crippen LogP contribution in [0.4, 0.5) is 0 Å². The van der Waals surface area contributed by atoms with Crippen LogP contribution in [-0.4, -0.2) is 22.5 Å². The molecule has 0 bridgehead atoms. The molecule has 0 aliphatic carbocycles. The van der Waals surface area contributed by atoms with Crippen LogP contribution in [0.25, 0.3) is 0 Å². The zero-order valence-corrected chi connectivity index (χ0v) is 13.5. The topological polar surface area (TPSA) is 63.6 Å². The van der Waals surface area contributed by atoms with Gasteiger partial charge in [-0.1, -0.05) is 46.0 Å². The molecule has 1 unspecified atom stereocenters. The first-order valence-corrected chi connectivity index (χ1v) is 8.12. The summed E-state index contributed by atoms with van der Waals surface area (Å²) in [6.07, 6.45) is 7.69. The van der Waals surface area contributed by atoms with Gasteiger partial charge in [-0.15, -0.1) is 0 Å². The van der Waals surface area contributed by atoms with Gasteiger partial charge in [0.2, 0.25) is 0 Å². The second-order valence-electron chi connectivity index (χ2n) is 6.13. The van der Waals surface area contributed by atoms with Crippen molar-refractivity contribution in [3.05, 3.63) is 11.3 Å². The molecule has 1 aliphatic rings. The number of Topliss-reactive ketones (excluding diaryl/α,β-unsaturated/α-hetero) is 1. The van der Waals surface area contributed by atoms with Crippen LogP contribution in [0.5, 0.6) is 0 Å². The standard InChI is InChI=1S/C17H28O4/c1-4-6-7-8-9-10-11-13(18)15-14(19)12-17(3,5-2)21-16(15)20/h18H,4-12H2,1-3H3. The van der Waals surface area contributed by atoms with Gasteiger partial charge in [-0.25, -0.2) is 4.79 Å². The van der Waals surface area contributed by atoms with E-state index in [1.807, 2.05) is 6.92 Å². The Morgan fingerprint density at radius 3 is 2.33 bits per heavy atom. The number of allylic oxidation sites excluding steroid dienone is 1. The summed E-state index contributed by atoms with van der Waals surface area (Å²) >= 11 is 0. The van der Waals surface area contributed by atoms with Gasteiger partial charge in [0.1, 0.15) is 16.9 Å². The van der Waals surface area contributed by atoms with Gasteiger partial charge in [-0.2, -0.15) is 0 Å². The van der Waals surface area contributed by atoms with Crippen LogP contribution in [0.2, 0.25) is 0 Å². The normalized spacial score (nSPS) is 24.9. The summed E-state index contributed by atoms with van der Waals surface area (Å²) in [4.78, 5) is 24.0. The van der Waals surface area contributed by atoms with E-state index in [0.29, 0.717) is 12.8 Å². The van der Waals surface area contributed by atoms with Crippen LogP contribution in [0.1, 0.15) is 78.6 Å². The highest BCUT2D eigenvalue weighted by Crippen LogP contribution is 2.30. The van der Waals surface area contributed by atoms with E-state index in [4.69, 9.17) is 4.74 Å². The van der Waals surface area contributed by atoms with E-state index < -0.39 is 11.6 Å². The lowest BCUT2D eigenvalue weighted by Gasteiger charge is -2.32. The molecule has 0 aromatic heterocycles. The molecule has 120 valence electrons. The molecule has 1 heterocycles. The number of unbranched alkanes of at least 4 members (excludes halogenated alkanes) is 5. The molecule has 4 nitrogen and oxygen atoms in total. The van der Waals surface area contributed by atoms with Crippen molar-refractivity contribution >= 4 is 11.8 Å². The number of carbonyl (C=O) groups excluding carboxylic acids is 2. The summed E-state index contributed by atoms with van der Waals surface area (Å²) in [5.74, 6) is -1.06. The highest BCUT2D eigenvalue weighted by molar-refractivity contribution is 6.19. The third-order valence-corrected chi connectivity index (χ3v) is 4.16. The van der Waals surface area contributed by atoms with Gasteiger partial charge in [0.25, 0.3) is 0 Å². The average Bonchev–Trinajstić information content (AvgIpc) is 2.41. The SMILES string of the molecule is CCCCCCCCC(O)=C1C(=O)CC(C)(CC)OC1=O. The van der Waals surface area contributed by atoms with Gasteiger partial charge >= 0.3 is 5.97 Å². The summed E-state index contributed by atoms with van der Waals surface area (Å²) in [6.45, 7) is 5.80. The van der Waals surface area contributed by atoms with Gasteiger partial charge in [-0.3, -0.25) is 4.79 Å². The Kier molecular flexibility index (Phi) is 6.93. The average molecular weight is 296 g/mol. The van der Waals surface area contributed by atoms with E-state index >= 15 is 0 Å². The summed E-state index contributed by atoms with van der Waals surface area (Å²) < 4.78 is 5.31. The second-order valence-corrected chi connectivity index (χ2v) is 6.13. The monoisotopic (exact) mass is 296 g/mol. The van der Waals surface area contributed by atoms with Crippen LogP contribution in [0, 0.1) is 0 Å².